The zero-order valence-corrected chi connectivity index (χ0v) is 18.4. The predicted octanol–water partition coefficient (Wildman–Crippen LogP) is 4.16. The van der Waals surface area contributed by atoms with Crippen molar-refractivity contribution >= 4 is 5.97 Å². The number of piperidine rings is 1. The molecule has 0 saturated carbocycles. The third-order valence-electron chi connectivity index (χ3n) is 5.02. The number of nitrogens with zero attached hydrogens (tertiary/aromatic N) is 2. The average molecular weight is 381 g/mol. The molecule has 27 heavy (non-hydrogen) atoms. The van der Waals surface area contributed by atoms with Crippen molar-refractivity contribution in [2.75, 3.05) is 7.11 Å². The van der Waals surface area contributed by atoms with E-state index in [0.29, 0.717) is 24.8 Å². The van der Waals surface area contributed by atoms with Gasteiger partial charge in [-0.3, -0.25) is 4.84 Å². The fraction of sp³-hybridized carbons (Fsp3) is 0.810. The van der Waals surface area contributed by atoms with Gasteiger partial charge in [-0.2, -0.15) is 10.3 Å². The van der Waals surface area contributed by atoms with E-state index in [9.17, 15) is 10.1 Å². The number of rotatable bonds is 7. The summed E-state index contributed by atoms with van der Waals surface area (Å²) < 4.78 is 11.1. The number of methoxy groups -OCH3 is 1. The van der Waals surface area contributed by atoms with Crippen molar-refractivity contribution in [3.05, 3.63) is 12.2 Å². The molecule has 1 atom stereocenters. The van der Waals surface area contributed by atoms with Gasteiger partial charge in [-0.05, 0) is 55.4 Å². The number of carbonyl (C=O) groups is 1. The molecule has 1 saturated heterocycles. The Morgan fingerprint density at radius 3 is 2.07 bits per heavy atom. The van der Waals surface area contributed by atoms with Crippen LogP contribution in [0.5, 0.6) is 0 Å². The molecule has 1 aliphatic heterocycles. The molecule has 0 spiro atoms. The molecule has 0 aromatic carbocycles. The molecule has 0 aromatic rings. The number of esters is 1. The Kier molecular flexibility index (Phi) is 6.92. The SMILES string of the molecule is C=C(C)C(=O)OC1CC(C)(C)N(OC(C)(C#N)CC(C)(C)OC)C(C)(C)C1. The lowest BCUT2D eigenvalue weighted by Crippen LogP contribution is -2.64. The fourth-order valence-corrected chi connectivity index (χ4v) is 3.93. The average Bonchev–Trinajstić information content (AvgIpc) is 2.50. The van der Waals surface area contributed by atoms with Crippen molar-refractivity contribution in [3.63, 3.8) is 0 Å². The van der Waals surface area contributed by atoms with E-state index in [1.165, 1.54) is 0 Å². The Morgan fingerprint density at radius 2 is 1.70 bits per heavy atom. The molecule has 0 aromatic heterocycles. The van der Waals surface area contributed by atoms with E-state index in [4.69, 9.17) is 14.3 Å². The fourth-order valence-electron chi connectivity index (χ4n) is 3.93. The monoisotopic (exact) mass is 380 g/mol. The van der Waals surface area contributed by atoms with E-state index < -0.39 is 22.3 Å². The Hall–Kier alpha value is -1.42. The Balaban J connectivity index is 3.06. The molecule has 0 aliphatic carbocycles. The molecular formula is C21H36N2O4. The van der Waals surface area contributed by atoms with Crippen molar-refractivity contribution in [2.45, 2.75) is 103 Å². The highest BCUT2D eigenvalue weighted by Gasteiger charge is 2.51. The normalized spacial score (nSPS) is 22.5. The first kappa shape index (κ1) is 23.6. The number of carbonyl (C=O) groups excluding carboxylic acids is 1. The van der Waals surface area contributed by atoms with E-state index in [-0.39, 0.29) is 12.1 Å². The third kappa shape index (κ3) is 6.03. The van der Waals surface area contributed by atoms with Gasteiger partial charge in [0.15, 0.2) is 5.60 Å². The van der Waals surface area contributed by atoms with Crippen LogP contribution in [0.1, 0.15) is 74.7 Å². The summed E-state index contributed by atoms with van der Waals surface area (Å²) in [6.45, 7) is 19.1. The van der Waals surface area contributed by atoms with Gasteiger partial charge in [-0.25, -0.2) is 4.79 Å². The van der Waals surface area contributed by atoms with E-state index in [1.807, 2.05) is 46.6 Å². The summed E-state index contributed by atoms with van der Waals surface area (Å²) in [5.74, 6) is -0.371. The van der Waals surface area contributed by atoms with Crippen molar-refractivity contribution in [1.82, 2.24) is 5.06 Å². The van der Waals surface area contributed by atoms with Crippen LogP contribution < -0.4 is 0 Å². The van der Waals surface area contributed by atoms with Crippen LogP contribution in [0.2, 0.25) is 0 Å². The second-order valence-corrected chi connectivity index (χ2v) is 9.71. The van der Waals surface area contributed by atoms with Gasteiger partial charge in [0, 0.05) is 43.0 Å². The lowest BCUT2D eigenvalue weighted by Gasteiger charge is -2.55. The standard InChI is InChI=1S/C21H36N2O4/c1-15(2)17(24)26-16-11-18(3,4)23(19(5,6)12-16)27-21(9,14-22)13-20(7,8)25-10/h16H,1,11-13H2,2-10H3. The molecule has 0 radical (unpaired) electrons. The maximum absolute atomic E-state index is 12.0. The van der Waals surface area contributed by atoms with Crippen molar-refractivity contribution < 1.29 is 19.1 Å². The van der Waals surface area contributed by atoms with Crippen molar-refractivity contribution in [3.8, 4) is 6.07 Å². The topological polar surface area (TPSA) is 71.8 Å². The Bertz CT molecular complexity index is 600. The molecule has 1 aliphatic rings. The zero-order chi connectivity index (χ0) is 21.3. The molecule has 0 N–H and O–H groups in total. The van der Waals surface area contributed by atoms with Gasteiger partial charge in [0.1, 0.15) is 6.10 Å². The first-order valence-electron chi connectivity index (χ1n) is 9.40. The van der Waals surface area contributed by atoms with Gasteiger partial charge < -0.3 is 9.47 Å². The minimum atomic E-state index is -1.05. The molecule has 1 heterocycles. The van der Waals surface area contributed by atoms with Crippen LogP contribution in [0.25, 0.3) is 0 Å². The smallest absolute Gasteiger partial charge is 0.333 e. The predicted molar refractivity (Wildman–Crippen MR) is 105 cm³/mol. The minimum absolute atomic E-state index is 0.234. The van der Waals surface area contributed by atoms with E-state index in [0.717, 1.165) is 0 Å². The molecular weight excluding hydrogens is 344 g/mol. The number of ether oxygens (including phenoxy) is 2. The first-order valence-corrected chi connectivity index (χ1v) is 9.40. The van der Waals surface area contributed by atoms with Crippen LogP contribution in [-0.2, 0) is 19.1 Å². The molecule has 1 fully saturated rings. The lowest BCUT2D eigenvalue weighted by atomic mass is 9.80. The van der Waals surface area contributed by atoms with Gasteiger partial charge in [0.2, 0.25) is 0 Å². The van der Waals surface area contributed by atoms with Crippen LogP contribution in [0.15, 0.2) is 12.2 Å². The minimum Gasteiger partial charge on any atom is -0.459 e. The molecule has 0 amide bonds. The molecule has 6 heteroatoms. The van der Waals surface area contributed by atoms with Crippen LogP contribution in [0.4, 0.5) is 0 Å². The first-order chi connectivity index (χ1) is 12.1. The second-order valence-electron chi connectivity index (χ2n) is 9.71. The largest absolute Gasteiger partial charge is 0.459 e. The Morgan fingerprint density at radius 1 is 1.22 bits per heavy atom. The highest BCUT2D eigenvalue weighted by molar-refractivity contribution is 5.87. The highest BCUT2D eigenvalue weighted by atomic mass is 16.7. The zero-order valence-electron chi connectivity index (χ0n) is 18.4. The molecule has 1 rings (SSSR count). The van der Waals surface area contributed by atoms with E-state index in [1.54, 1.807) is 21.0 Å². The van der Waals surface area contributed by atoms with Crippen LogP contribution in [-0.4, -0.2) is 46.5 Å². The number of nitriles is 1. The van der Waals surface area contributed by atoms with Gasteiger partial charge >= 0.3 is 5.97 Å². The maximum Gasteiger partial charge on any atom is 0.333 e. The van der Waals surface area contributed by atoms with Gasteiger partial charge in [-0.15, -0.1) is 0 Å². The second kappa shape index (κ2) is 7.90. The lowest BCUT2D eigenvalue weighted by molar-refractivity contribution is -0.333. The van der Waals surface area contributed by atoms with E-state index >= 15 is 0 Å². The quantitative estimate of drug-likeness (QED) is 0.488. The summed E-state index contributed by atoms with van der Waals surface area (Å²) >= 11 is 0. The number of hydroxylamine groups is 2. The maximum atomic E-state index is 12.0. The summed E-state index contributed by atoms with van der Waals surface area (Å²) in [7, 11) is 1.63. The summed E-state index contributed by atoms with van der Waals surface area (Å²) in [6, 6.07) is 2.31. The van der Waals surface area contributed by atoms with Gasteiger partial charge in [0.05, 0.1) is 11.7 Å². The van der Waals surface area contributed by atoms with Gasteiger partial charge in [0.25, 0.3) is 0 Å². The summed E-state index contributed by atoms with van der Waals surface area (Å²) in [4.78, 5) is 18.3. The highest BCUT2D eigenvalue weighted by Crippen LogP contribution is 2.42. The summed E-state index contributed by atoms with van der Waals surface area (Å²) in [6.07, 6.45) is 1.39. The van der Waals surface area contributed by atoms with Crippen molar-refractivity contribution in [1.29, 1.82) is 5.26 Å². The van der Waals surface area contributed by atoms with Gasteiger partial charge in [-0.1, -0.05) is 6.58 Å². The number of hydrogen-bond acceptors (Lipinski definition) is 6. The van der Waals surface area contributed by atoms with Crippen molar-refractivity contribution in [2.24, 2.45) is 0 Å². The van der Waals surface area contributed by atoms with E-state index in [2.05, 4.69) is 12.6 Å². The molecule has 6 nitrogen and oxygen atoms in total. The number of hydrogen-bond donors (Lipinski definition) is 0. The summed E-state index contributed by atoms with van der Waals surface area (Å²) in [5.41, 5.74) is -2.01. The van der Waals surface area contributed by atoms with Crippen LogP contribution in [0.3, 0.4) is 0 Å². The summed E-state index contributed by atoms with van der Waals surface area (Å²) in [5, 5.41) is 11.7. The van der Waals surface area contributed by atoms with Crippen LogP contribution >= 0.6 is 0 Å². The Labute approximate surface area is 164 Å². The molecule has 154 valence electrons. The van der Waals surface area contributed by atoms with Crippen LogP contribution in [0, 0.1) is 11.3 Å². The molecule has 1 unspecified atom stereocenters. The third-order valence-corrected chi connectivity index (χ3v) is 5.02. The molecule has 0 bridgehead atoms.